The molecule has 0 atom stereocenters. The SMILES string of the molecule is CCOC(=O)C(/C([O-])=C/[P+](c1ccccc1)(c1ccccc1)c1ccccc1)=C(\C)O.CCOC(=O)C(/C([O-])=C/[P+](c1ccccc1)(c1ccccc1)c1ccccc1)=C(\C)O. The lowest BCUT2D eigenvalue weighted by Crippen LogP contribution is -2.31. The van der Waals surface area contributed by atoms with Crippen LogP contribution >= 0.6 is 14.5 Å². The van der Waals surface area contributed by atoms with Crippen LogP contribution in [0.25, 0.3) is 0 Å². The Morgan fingerprint density at radius 2 is 0.629 bits per heavy atom. The first-order chi connectivity index (χ1) is 30.0. The molecule has 0 spiro atoms. The molecular weight excluding hydrogens is 815 g/mol. The molecule has 8 nitrogen and oxygen atoms in total. The van der Waals surface area contributed by atoms with Crippen molar-refractivity contribution >= 4 is 58.3 Å². The molecule has 316 valence electrons. The Balaban J connectivity index is 0.000000234. The zero-order valence-electron chi connectivity index (χ0n) is 35.1. The highest BCUT2D eigenvalue weighted by molar-refractivity contribution is 7.98. The van der Waals surface area contributed by atoms with Crippen molar-refractivity contribution in [2.45, 2.75) is 27.7 Å². The minimum absolute atomic E-state index is 0.110. The van der Waals surface area contributed by atoms with Crippen LogP contribution in [0.2, 0.25) is 0 Å². The average Bonchev–Trinajstić information content (AvgIpc) is 3.29. The summed E-state index contributed by atoms with van der Waals surface area (Å²) in [5, 5.41) is 53.1. The van der Waals surface area contributed by atoms with Crippen LogP contribution in [0.1, 0.15) is 27.7 Å². The Morgan fingerprint density at radius 3 is 0.790 bits per heavy atom. The zero-order chi connectivity index (χ0) is 44.5. The van der Waals surface area contributed by atoms with Crippen LogP contribution in [-0.4, -0.2) is 35.4 Å². The standard InChI is InChI=1S/2C26H25O4P/c2*1-3-30-26(29)25(20(2)27)24(28)19-31(21-13-7-4-8-14-21,22-15-9-5-10-16-22)23-17-11-6-12-18-23/h2*4-19H,3H2,1-2H3,(H-,27,28,29)/b2*24-19-. The van der Waals surface area contributed by atoms with Gasteiger partial charge in [0, 0.05) is 0 Å². The number of benzene rings is 6. The molecule has 2 N–H and O–H groups in total. The quantitative estimate of drug-likeness (QED) is 0.0387. The van der Waals surface area contributed by atoms with Gasteiger partial charge in [0.1, 0.15) is 57.9 Å². The number of aliphatic hydroxyl groups excluding tert-OH is 2. The average molecular weight is 865 g/mol. The van der Waals surface area contributed by atoms with E-state index in [0.29, 0.717) is 0 Å². The van der Waals surface area contributed by atoms with Gasteiger partial charge < -0.3 is 29.9 Å². The first-order valence-corrected chi connectivity index (χ1v) is 23.8. The summed E-state index contributed by atoms with van der Waals surface area (Å²) in [6.07, 6.45) is 0. The van der Waals surface area contributed by atoms with Gasteiger partial charge >= 0.3 is 11.9 Å². The van der Waals surface area contributed by atoms with Crippen molar-refractivity contribution in [3.63, 3.8) is 0 Å². The third-order valence-electron chi connectivity index (χ3n) is 9.78. The third kappa shape index (κ3) is 10.6. The maximum Gasteiger partial charge on any atom is 0.341 e. The largest absolute Gasteiger partial charge is 0.870 e. The van der Waals surface area contributed by atoms with Crippen LogP contribution < -0.4 is 42.0 Å². The second-order valence-electron chi connectivity index (χ2n) is 13.8. The van der Waals surface area contributed by atoms with E-state index in [1.807, 2.05) is 182 Å². The van der Waals surface area contributed by atoms with E-state index in [1.165, 1.54) is 13.8 Å². The first kappa shape index (κ1) is 46.3. The number of rotatable bonds is 14. The van der Waals surface area contributed by atoms with Crippen molar-refractivity contribution in [1.82, 2.24) is 0 Å². The van der Waals surface area contributed by atoms with Crippen LogP contribution in [0, 0.1) is 0 Å². The molecule has 0 saturated heterocycles. The molecule has 0 fully saturated rings. The summed E-state index contributed by atoms with van der Waals surface area (Å²) >= 11 is 0. The van der Waals surface area contributed by atoms with Crippen molar-refractivity contribution in [2.24, 2.45) is 0 Å². The van der Waals surface area contributed by atoms with E-state index in [2.05, 4.69) is 0 Å². The van der Waals surface area contributed by atoms with Gasteiger partial charge in [0.15, 0.2) is 0 Å². The van der Waals surface area contributed by atoms with Gasteiger partial charge in [-0.1, -0.05) is 121 Å². The van der Waals surface area contributed by atoms with E-state index < -0.39 is 38.0 Å². The number of ether oxygens (including phenoxy) is 2. The third-order valence-corrected chi connectivity index (χ3v) is 17.7. The number of allylic oxidation sites excluding steroid dienone is 2. The molecule has 62 heavy (non-hydrogen) atoms. The van der Waals surface area contributed by atoms with Crippen LogP contribution in [0.3, 0.4) is 0 Å². The van der Waals surface area contributed by atoms with Crippen molar-refractivity contribution in [3.8, 4) is 0 Å². The van der Waals surface area contributed by atoms with Crippen LogP contribution in [-0.2, 0) is 19.1 Å². The normalized spacial score (nSPS) is 12.8. The molecule has 0 amide bonds. The molecule has 6 aromatic carbocycles. The molecule has 0 radical (unpaired) electrons. The van der Waals surface area contributed by atoms with E-state index >= 15 is 0 Å². The van der Waals surface area contributed by atoms with E-state index in [1.54, 1.807) is 25.5 Å². The summed E-state index contributed by atoms with van der Waals surface area (Å²) in [5.74, 6) is -0.240. The number of hydrogen-bond acceptors (Lipinski definition) is 8. The van der Waals surface area contributed by atoms with Gasteiger partial charge in [-0.15, -0.1) is 0 Å². The maximum absolute atomic E-state index is 13.5. The molecule has 0 aromatic heterocycles. The van der Waals surface area contributed by atoms with E-state index in [9.17, 15) is 30.0 Å². The fourth-order valence-corrected chi connectivity index (χ4v) is 14.6. The highest BCUT2D eigenvalue weighted by Crippen LogP contribution is 2.58. The fraction of sp³-hybridized carbons (Fsp3) is 0.115. The first-order valence-electron chi connectivity index (χ1n) is 20.1. The predicted molar refractivity (Wildman–Crippen MR) is 250 cm³/mol. The summed E-state index contributed by atoms with van der Waals surface area (Å²) in [5.41, 5.74) is -0.678. The number of hydrogen-bond donors (Lipinski definition) is 2. The van der Waals surface area contributed by atoms with Gasteiger partial charge in [-0.05, 0) is 100 Å². The van der Waals surface area contributed by atoms with Crippen LogP contribution in [0.15, 0.2) is 228 Å². The Kier molecular flexibility index (Phi) is 16.6. The van der Waals surface area contributed by atoms with Gasteiger partial charge in [0.25, 0.3) is 0 Å². The second-order valence-corrected chi connectivity index (χ2v) is 20.3. The highest BCUT2D eigenvalue weighted by atomic mass is 31.2. The summed E-state index contributed by atoms with van der Waals surface area (Å²) < 4.78 is 10.1. The van der Waals surface area contributed by atoms with E-state index in [4.69, 9.17) is 9.47 Å². The van der Waals surface area contributed by atoms with Crippen molar-refractivity contribution in [3.05, 3.63) is 228 Å². The molecule has 0 unspecified atom stereocenters. The summed E-state index contributed by atoms with van der Waals surface area (Å²) in [4.78, 5) is 24.9. The molecule has 0 heterocycles. The number of carbonyl (C=O) groups excluding carboxylic acids is 2. The molecule has 6 aromatic rings. The van der Waals surface area contributed by atoms with Gasteiger partial charge in [0.05, 0.1) is 36.0 Å². The number of esters is 2. The van der Waals surface area contributed by atoms with E-state index in [0.717, 1.165) is 31.8 Å². The predicted octanol–water partition coefficient (Wildman–Crippen LogP) is 7.15. The summed E-state index contributed by atoms with van der Waals surface area (Å²) in [6.45, 7) is 6.19. The molecule has 6 rings (SSSR count). The molecule has 0 saturated carbocycles. The fourth-order valence-electron chi connectivity index (χ4n) is 7.06. The molecule has 0 aliphatic carbocycles. The van der Waals surface area contributed by atoms with Gasteiger partial charge in [-0.3, -0.25) is 0 Å². The number of carbonyl (C=O) groups is 2. The monoisotopic (exact) mass is 864 g/mol. The lowest BCUT2D eigenvalue weighted by atomic mass is 10.2. The Bertz CT molecular complexity index is 2130. The molecular formula is C52H50O8P2. The molecule has 0 bridgehead atoms. The van der Waals surface area contributed by atoms with Crippen LogP contribution in [0.5, 0.6) is 0 Å². The van der Waals surface area contributed by atoms with Crippen molar-refractivity contribution in [2.75, 3.05) is 13.2 Å². The van der Waals surface area contributed by atoms with Gasteiger partial charge in [-0.25, -0.2) is 9.59 Å². The van der Waals surface area contributed by atoms with Crippen molar-refractivity contribution < 1.29 is 39.5 Å². The second kappa shape index (κ2) is 22.2. The Labute approximate surface area is 365 Å². The summed E-state index contributed by atoms with van der Waals surface area (Å²) in [6, 6.07) is 58.8. The van der Waals surface area contributed by atoms with E-state index in [-0.39, 0.29) is 35.9 Å². The lowest BCUT2D eigenvalue weighted by molar-refractivity contribution is -0.298. The molecule has 10 heteroatoms. The molecule has 0 aliphatic heterocycles. The Morgan fingerprint density at radius 1 is 0.435 bits per heavy atom. The van der Waals surface area contributed by atoms with Crippen molar-refractivity contribution in [1.29, 1.82) is 0 Å². The van der Waals surface area contributed by atoms with Gasteiger partial charge in [0.2, 0.25) is 0 Å². The van der Waals surface area contributed by atoms with Gasteiger partial charge in [-0.2, -0.15) is 0 Å². The lowest BCUT2D eigenvalue weighted by Gasteiger charge is -2.27. The topological polar surface area (TPSA) is 139 Å². The maximum atomic E-state index is 13.5. The smallest absolute Gasteiger partial charge is 0.341 e. The Hall–Kier alpha value is -6.72. The minimum Gasteiger partial charge on any atom is -0.870 e. The minimum atomic E-state index is -2.59. The molecule has 0 aliphatic rings. The highest BCUT2D eigenvalue weighted by Gasteiger charge is 2.45. The summed E-state index contributed by atoms with van der Waals surface area (Å²) in [7, 11) is -5.18. The van der Waals surface area contributed by atoms with Crippen LogP contribution in [0.4, 0.5) is 0 Å². The number of aliphatic hydroxyl groups is 2. The zero-order valence-corrected chi connectivity index (χ0v) is 36.9.